The summed E-state index contributed by atoms with van der Waals surface area (Å²) in [4.78, 5) is 0. The van der Waals surface area contributed by atoms with Crippen molar-refractivity contribution in [2.45, 2.75) is 68.0 Å². The predicted molar refractivity (Wildman–Crippen MR) is 73.9 cm³/mol. The Morgan fingerprint density at radius 2 is 1.52 bits per heavy atom. The summed E-state index contributed by atoms with van der Waals surface area (Å²) in [6.45, 7) is 0.883. The van der Waals surface area contributed by atoms with Crippen molar-refractivity contribution in [1.82, 2.24) is 5.32 Å². The molecular formula is C13H25NO9. The number of aliphatic hydroxyl groups excluding tert-OH is 8. The first-order valence-corrected chi connectivity index (χ1v) is 7.49. The summed E-state index contributed by atoms with van der Waals surface area (Å²) in [5.74, 6) is -1.35. The van der Waals surface area contributed by atoms with Crippen LogP contribution in [0.25, 0.3) is 0 Å². The van der Waals surface area contributed by atoms with Crippen LogP contribution in [0.15, 0.2) is 0 Å². The fourth-order valence-corrected chi connectivity index (χ4v) is 3.29. The van der Waals surface area contributed by atoms with Gasteiger partial charge in [0.2, 0.25) is 0 Å². The topological polar surface area (TPSA) is 183 Å². The molecule has 0 unspecified atom stereocenters. The molecule has 0 aliphatic carbocycles. The normalized spacial score (nSPS) is 53.1. The monoisotopic (exact) mass is 339 g/mol. The third kappa shape index (κ3) is 3.37. The average Bonchev–Trinajstić information content (AvgIpc) is 2.52. The lowest BCUT2D eigenvalue weighted by Gasteiger charge is -2.48. The number of hydrogen-bond acceptors (Lipinski definition) is 10. The van der Waals surface area contributed by atoms with Crippen molar-refractivity contribution in [2.75, 3.05) is 6.61 Å². The van der Waals surface area contributed by atoms with E-state index >= 15 is 0 Å². The molecule has 10 heteroatoms. The number of rotatable bonds is 3. The van der Waals surface area contributed by atoms with Crippen LogP contribution in [0.2, 0.25) is 0 Å². The molecule has 10 nitrogen and oxygen atoms in total. The largest absolute Gasteiger partial charge is 0.394 e. The van der Waals surface area contributed by atoms with E-state index in [-0.39, 0.29) is 0 Å². The molecule has 2 fully saturated rings. The molecule has 0 bridgehead atoms. The minimum Gasteiger partial charge on any atom is -0.394 e. The van der Waals surface area contributed by atoms with Crippen LogP contribution in [0.4, 0.5) is 0 Å². The summed E-state index contributed by atoms with van der Waals surface area (Å²) in [6, 6.07) is -1.84. The minimum absolute atomic E-state index is 0.646. The van der Waals surface area contributed by atoms with Gasteiger partial charge in [-0.3, -0.25) is 0 Å². The highest BCUT2D eigenvalue weighted by Gasteiger charge is 2.52. The van der Waals surface area contributed by atoms with E-state index in [1.807, 2.05) is 0 Å². The van der Waals surface area contributed by atoms with Crippen LogP contribution in [-0.2, 0) is 4.74 Å². The molecule has 2 aliphatic rings. The van der Waals surface area contributed by atoms with Crippen LogP contribution in [0.1, 0.15) is 6.92 Å². The number of aliphatic hydroxyl groups is 8. The van der Waals surface area contributed by atoms with Gasteiger partial charge in [-0.1, -0.05) is 0 Å². The van der Waals surface area contributed by atoms with Crippen molar-refractivity contribution in [1.29, 1.82) is 0 Å². The molecule has 136 valence electrons. The standard InChI is InChI=1S/C13H25NO9/c1-3-7(16)12(21)11(20)6(14-3)9(18)5-8(17)4(2-15)23-13(22)10(5)19/h3-22H,2H2,1H3/t3-,4-,5-,6+,7+,8+,9-,10-,11+,12+,13-/m1/s1. The first kappa shape index (κ1) is 18.9. The number of nitrogens with one attached hydrogen (secondary N) is 1. The van der Waals surface area contributed by atoms with Gasteiger partial charge in [-0.2, -0.15) is 0 Å². The Labute approximate surface area is 132 Å². The van der Waals surface area contributed by atoms with E-state index in [1.165, 1.54) is 6.92 Å². The molecule has 0 aromatic rings. The zero-order chi connectivity index (χ0) is 17.5. The van der Waals surface area contributed by atoms with E-state index in [4.69, 9.17) is 9.84 Å². The molecule has 0 aromatic heterocycles. The van der Waals surface area contributed by atoms with E-state index in [0.29, 0.717) is 0 Å². The van der Waals surface area contributed by atoms with E-state index in [0.717, 1.165) is 0 Å². The van der Waals surface area contributed by atoms with Gasteiger partial charge < -0.3 is 50.9 Å². The predicted octanol–water partition coefficient (Wildman–Crippen LogP) is -5.16. The van der Waals surface area contributed by atoms with Crippen LogP contribution in [-0.4, -0.2) is 109 Å². The molecule has 0 radical (unpaired) electrons. The minimum atomic E-state index is -1.73. The van der Waals surface area contributed by atoms with Crippen LogP contribution in [0.3, 0.4) is 0 Å². The Morgan fingerprint density at radius 3 is 2.09 bits per heavy atom. The molecule has 2 heterocycles. The molecule has 9 N–H and O–H groups in total. The molecule has 2 saturated heterocycles. The average molecular weight is 339 g/mol. The quantitative estimate of drug-likeness (QED) is 0.241. The Balaban J connectivity index is 2.21. The second-order valence-electron chi connectivity index (χ2n) is 6.25. The van der Waals surface area contributed by atoms with Gasteiger partial charge in [0, 0.05) is 12.0 Å². The van der Waals surface area contributed by atoms with E-state index in [2.05, 4.69) is 5.32 Å². The van der Waals surface area contributed by atoms with Crippen LogP contribution in [0.5, 0.6) is 0 Å². The van der Waals surface area contributed by atoms with Crippen molar-refractivity contribution >= 4 is 0 Å². The summed E-state index contributed by atoms with van der Waals surface area (Å²) in [5, 5.41) is 81.7. The molecule has 11 atom stereocenters. The molecule has 2 rings (SSSR count). The van der Waals surface area contributed by atoms with Crippen molar-refractivity contribution in [3.05, 3.63) is 0 Å². The van der Waals surface area contributed by atoms with Crippen LogP contribution in [0, 0.1) is 5.92 Å². The second-order valence-corrected chi connectivity index (χ2v) is 6.25. The summed E-state index contributed by atoms with van der Waals surface area (Å²) >= 11 is 0. The van der Waals surface area contributed by atoms with Crippen molar-refractivity contribution in [3.8, 4) is 0 Å². The van der Waals surface area contributed by atoms with Gasteiger partial charge in [-0.05, 0) is 6.92 Å². The summed E-state index contributed by atoms with van der Waals surface area (Å²) < 4.78 is 4.84. The zero-order valence-electron chi connectivity index (χ0n) is 12.5. The summed E-state index contributed by atoms with van der Waals surface area (Å²) in [7, 11) is 0. The Morgan fingerprint density at radius 1 is 0.913 bits per heavy atom. The van der Waals surface area contributed by atoms with Crippen molar-refractivity contribution in [3.63, 3.8) is 0 Å². The van der Waals surface area contributed by atoms with Gasteiger partial charge in [0.05, 0.1) is 31.0 Å². The summed E-state index contributed by atoms with van der Waals surface area (Å²) in [5.41, 5.74) is 0. The SMILES string of the molecule is C[C@H]1N[C@@H]([C@H](O)[C@@H]2[C@@H](O)[C@H](O)O[C@H](CO)[C@@H]2O)[C@H](O)[C@@H](O)[C@H]1O. The van der Waals surface area contributed by atoms with Gasteiger partial charge in [0.15, 0.2) is 6.29 Å². The van der Waals surface area contributed by atoms with E-state index < -0.39 is 73.6 Å². The van der Waals surface area contributed by atoms with Crippen LogP contribution < -0.4 is 5.32 Å². The van der Waals surface area contributed by atoms with Gasteiger partial charge in [-0.25, -0.2) is 0 Å². The third-order valence-corrected chi connectivity index (χ3v) is 4.75. The number of piperidine rings is 1. The maximum atomic E-state index is 10.5. The van der Waals surface area contributed by atoms with E-state index in [1.54, 1.807) is 0 Å². The third-order valence-electron chi connectivity index (χ3n) is 4.75. The lowest BCUT2D eigenvalue weighted by Crippen LogP contribution is -2.70. The molecule has 2 aliphatic heterocycles. The highest BCUT2D eigenvalue weighted by atomic mass is 16.6. The first-order chi connectivity index (χ1) is 10.7. The molecular weight excluding hydrogens is 314 g/mol. The van der Waals surface area contributed by atoms with Gasteiger partial charge in [0.25, 0.3) is 0 Å². The molecule has 0 spiro atoms. The van der Waals surface area contributed by atoms with Crippen molar-refractivity contribution < 1.29 is 45.6 Å². The molecule has 0 aromatic carbocycles. The lowest BCUT2D eigenvalue weighted by molar-refractivity contribution is -0.289. The lowest BCUT2D eigenvalue weighted by atomic mass is 9.77. The second kappa shape index (κ2) is 7.23. The molecule has 23 heavy (non-hydrogen) atoms. The number of ether oxygens (including phenoxy) is 1. The highest BCUT2D eigenvalue weighted by Crippen LogP contribution is 2.31. The molecule has 0 amide bonds. The number of hydrogen-bond donors (Lipinski definition) is 9. The Kier molecular flexibility index (Phi) is 5.95. The molecule has 0 saturated carbocycles. The van der Waals surface area contributed by atoms with Gasteiger partial charge in [0.1, 0.15) is 24.4 Å². The Bertz CT molecular complexity index is 400. The smallest absolute Gasteiger partial charge is 0.181 e. The summed E-state index contributed by atoms with van der Waals surface area (Å²) in [6.07, 6.45) is -12.1. The van der Waals surface area contributed by atoms with Crippen molar-refractivity contribution in [2.24, 2.45) is 5.92 Å². The first-order valence-electron chi connectivity index (χ1n) is 7.49. The van der Waals surface area contributed by atoms with E-state index in [9.17, 15) is 35.7 Å². The maximum Gasteiger partial charge on any atom is 0.181 e. The highest BCUT2D eigenvalue weighted by molar-refractivity contribution is 5.04. The van der Waals surface area contributed by atoms with Gasteiger partial charge >= 0.3 is 0 Å². The maximum absolute atomic E-state index is 10.5. The zero-order valence-corrected chi connectivity index (χ0v) is 12.5. The fraction of sp³-hybridized carbons (Fsp3) is 1.00. The van der Waals surface area contributed by atoms with Crippen LogP contribution >= 0.6 is 0 Å². The van der Waals surface area contributed by atoms with Gasteiger partial charge in [-0.15, -0.1) is 0 Å². The fourth-order valence-electron chi connectivity index (χ4n) is 3.29. The Hall–Kier alpha value is -0.400.